The molecule has 0 saturated carbocycles. The molecule has 0 atom stereocenters. The summed E-state index contributed by atoms with van der Waals surface area (Å²) >= 11 is 0. The lowest BCUT2D eigenvalue weighted by Gasteiger charge is -2.04. The van der Waals surface area contributed by atoms with E-state index in [0.717, 1.165) is 25.3 Å². The van der Waals surface area contributed by atoms with Crippen molar-refractivity contribution in [1.29, 1.82) is 0 Å². The van der Waals surface area contributed by atoms with Crippen LogP contribution in [0.3, 0.4) is 0 Å². The maximum atomic E-state index is 5.37. The number of nitrogens with zero attached hydrogens (tertiary/aromatic N) is 2. The van der Waals surface area contributed by atoms with E-state index >= 15 is 0 Å². The molecule has 0 aliphatic heterocycles. The minimum Gasteiger partial charge on any atom is -0.385 e. The lowest BCUT2D eigenvalue weighted by Crippen LogP contribution is -2.05. The van der Waals surface area contributed by atoms with E-state index in [1.54, 1.807) is 0 Å². The minimum absolute atomic E-state index is 0.419. The molecule has 0 unspecified atom stereocenters. The number of benzene rings is 1. The summed E-state index contributed by atoms with van der Waals surface area (Å²) < 4.78 is 10.5. The fourth-order valence-corrected chi connectivity index (χ4v) is 1.74. The van der Waals surface area contributed by atoms with Gasteiger partial charge in [0.25, 0.3) is 0 Å². The summed E-state index contributed by atoms with van der Waals surface area (Å²) in [5, 5.41) is 7.21. The third kappa shape index (κ3) is 4.66. The lowest BCUT2D eigenvalue weighted by atomic mass is 10.2. The molecule has 1 aromatic carbocycles. The van der Waals surface area contributed by atoms with Crippen molar-refractivity contribution < 1.29 is 9.26 Å². The summed E-state index contributed by atoms with van der Waals surface area (Å²) in [6.45, 7) is 6.05. The molecule has 0 spiro atoms. The monoisotopic (exact) mass is 275 g/mol. The Balaban J connectivity index is 1.72. The Kier molecular flexibility index (Phi) is 5.55. The Morgan fingerprint density at radius 1 is 1.25 bits per heavy atom. The summed E-state index contributed by atoms with van der Waals surface area (Å²) in [4.78, 5) is 4.28. The van der Waals surface area contributed by atoms with Crippen LogP contribution in [0.2, 0.25) is 0 Å². The van der Waals surface area contributed by atoms with E-state index in [-0.39, 0.29) is 0 Å². The standard InChI is InChI=1S/C15H21N3O2/c1-3-10-19-11-14-17-15(20-18-14)8-9-16-13-6-4-12(2)5-7-13/h4-7,16H,3,8-11H2,1-2H3. The van der Waals surface area contributed by atoms with E-state index in [1.807, 2.05) is 0 Å². The summed E-state index contributed by atoms with van der Waals surface area (Å²) in [7, 11) is 0. The van der Waals surface area contributed by atoms with E-state index in [9.17, 15) is 0 Å². The zero-order valence-electron chi connectivity index (χ0n) is 12.1. The van der Waals surface area contributed by atoms with Gasteiger partial charge in [-0.25, -0.2) is 0 Å². The van der Waals surface area contributed by atoms with Crippen molar-refractivity contribution in [2.45, 2.75) is 33.3 Å². The van der Waals surface area contributed by atoms with Crippen LogP contribution in [0.1, 0.15) is 30.6 Å². The van der Waals surface area contributed by atoms with Gasteiger partial charge in [-0.1, -0.05) is 29.8 Å². The van der Waals surface area contributed by atoms with E-state index in [2.05, 4.69) is 53.6 Å². The molecule has 5 nitrogen and oxygen atoms in total. The average Bonchev–Trinajstić information content (AvgIpc) is 2.89. The van der Waals surface area contributed by atoms with Crippen molar-refractivity contribution >= 4 is 5.69 Å². The Morgan fingerprint density at radius 3 is 2.80 bits per heavy atom. The average molecular weight is 275 g/mol. The zero-order valence-corrected chi connectivity index (χ0v) is 12.1. The Hall–Kier alpha value is -1.88. The van der Waals surface area contributed by atoms with Crippen LogP contribution in [0, 0.1) is 6.92 Å². The number of hydrogen-bond acceptors (Lipinski definition) is 5. The van der Waals surface area contributed by atoms with Crippen LogP contribution in [-0.2, 0) is 17.8 Å². The highest BCUT2D eigenvalue weighted by Gasteiger charge is 2.05. The second-order valence-corrected chi connectivity index (χ2v) is 4.70. The lowest BCUT2D eigenvalue weighted by molar-refractivity contribution is 0.114. The maximum Gasteiger partial charge on any atom is 0.228 e. The number of anilines is 1. The van der Waals surface area contributed by atoms with Gasteiger partial charge in [0.2, 0.25) is 5.89 Å². The van der Waals surface area contributed by atoms with E-state index in [1.165, 1.54) is 5.56 Å². The van der Waals surface area contributed by atoms with Crippen LogP contribution < -0.4 is 5.32 Å². The molecular weight excluding hydrogens is 254 g/mol. The molecule has 0 bridgehead atoms. The van der Waals surface area contributed by atoms with Crippen LogP contribution in [0.4, 0.5) is 5.69 Å². The SMILES string of the molecule is CCCOCc1noc(CCNc2ccc(C)cc2)n1. The molecule has 108 valence electrons. The molecule has 0 radical (unpaired) electrons. The number of aryl methyl sites for hydroxylation is 1. The molecule has 0 fully saturated rings. The summed E-state index contributed by atoms with van der Waals surface area (Å²) in [5.41, 5.74) is 2.35. The van der Waals surface area contributed by atoms with Crippen molar-refractivity contribution in [2.75, 3.05) is 18.5 Å². The molecule has 20 heavy (non-hydrogen) atoms. The highest BCUT2D eigenvalue weighted by Crippen LogP contribution is 2.08. The van der Waals surface area contributed by atoms with Gasteiger partial charge in [0.05, 0.1) is 0 Å². The third-order valence-electron chi connectivity index (χ3n) is 2.81. The van der Waals surface area contributed by atoms with Crippen LogP contribution in [-0.4, -0.2) is 23.3 Å². The molecule has 5 heteroatoms. The Labute approximate surface area is 119 Å². The summed E-state index contributed by atoms with van der Waals surface area (Å²) in [5.74, 6) is 1.25. The third-order valence-corrected chi connectivity index (χ3v) is 2.81. The van der Waals surface area contributed by atoms with Crippen molar-refractivity contribution in [3.63, 3.8) is 0 Å². The number of rotatable bonds is 8. The van der Waals surface area contributed by atoms with Gasteiger partial charge in [-0.05, 0) is 25.5 Å². The van der Waals surface area contributed by atoms with Crippen molar-refractivity contribution in [3.05, 3.63) is 41.5 Å². The highest BCUT2D eigenvalue weighted by atomic mass is 16.5. The second-order valence-electron chi connectivity index (χ2n) is 4.70. The summed E-state index contributed by atoms with van der Waals surface area (Å²) in [6.07, 6.45) is 1.69. The van der Waals surface area contributed by atoms with Crippen molar-refractivity contribution in [1.82, 2.24) is 10.1 Å². The van der Waals surface area contributed by atoms with Gasteiger partial charge in [-0.2, -0.15) is 4.98 Å². The number of aromatic nitrogens is 2. The van der Waals surface area contributed by atoms with Gasteiger partial charge in [0.1, 0.15) is 6.61 Å². The predicted octanol–water partition coefficient (Wildman–Crippen LogP) is 2.96. The van der Waals surface area contributed by atoms with E-state index in [0.29, 0.717) is 24.7 Å². The van der Waals surface area contributed by atoms with Gasteiger partial charge in [-0.3, -0.25) is 0 Å². The number of hydrogen-bond donors (Lipinski definition) is 1. The maximum absolute atomic E-state index is 5.37. The molecule has 0 saturated heterocycles. The molecular formula is C15H21N3O2. The molecule has 0 amide bonds. The molecule has 1 aromatic heterocycles. The topological polar surface area (TPSA) is 60.2 Å². The molecule has 1 heterocycles. The first-order chi connectivity index (χ1) is 9.78. The molecule has 2 aromatic rings. The van der Waals surface area contributed by atoms with Crippen LogP contribution in [0.25, 0.3) is 0 Å². The van der Waals surface area contributed by atoms with Gasteiger partial charge in [0.15, 0.2) is 5.82 Å². The fraction of sp³-hybridized carbons (Fsp3) is 0.467. The molecule has 0 aliphatic rings. The first-order valence-corrected chi connectivity index (χ1v) is 6.97. The van der Waals surface area contributed by atoms with Gasteiger partial charge >= 0.3 is 0 Å². The quantitative estimate of drug-likeness (QED) is 0.750. The van der Waals surface area contributed by atoms with Crippen LogP contribution >= 0.6 is 0 Å². The van der Waals surface area contributed by atoms with Gasteiger partial charge in [0, 0.05) is 25.3 Å². The number of nitrogens with one attached hydrogen (secondary N) is 1. The van der Waals surface area contributed by atoms with Gasteiger partial charge in [-0.15, -0.1) is 0 Å². The highest BCUT2D eigenvalue weighted by molar-refractivity contribution is 5.44. The van der Waals surface area contributed by atoms with Gasteiger partial charge < -0.3 is 14.6 Å². The molecule has 1 N–H and O–H groups in total. The van der Waals surface area contributed by atoms with E-state index in [4.69, 9.17) is 9.26 Å². The number of ether oxygens (including phenoxy) is 1. The first kappa shape index (κ1) is 14.5. The molecule has 2 rings (SSSR count). The Morgan fingerprint density at radius 2 is 2.05 bits per heavy atom. The zero-order chi connectivity index (χ0) is 14.2. The first-order valence-electron chi connectivity index (χ1n) is 6.97. The van der Waals surface area contributed by atoms with Crippen LogP contribution in [0.15, 0.2) is 28.8 Å². The fourth-order valence-electron chi connectivity index (χ4n) is 1.74. The minimum atomic E-state index is 0.419. The Bertz CT molecular complexity index is 508. The van der Waals surface area contributed by atoms with Crippen LogP contribution in [0.5, 0.6) is 0 Å². The molecule has 0 aliphatic carbocycles. The van der Waals surface area contributed by atoms with Crippen molar-refractivity contribution in [3.8, 4) is 0 Å². The predicted molar refractivity (Wildman–Crippen MR) is 77.6 cm³/mol. The smallest absolute Gasteiger partial charge is 0.228 e. The normalized spacial score (nSPS) is 10.7. The largest absolute Gasteiger partial charge is 0.385 e. The van der Waals surface area contributed by atoms with Crippen molar-refractivity contribution in [2.24, 2.45) is 0 Å². The second kappa shape index (κ2) is 7.65. The summed E-state index contributed by atoms with van der Waals surface area (Å²) in [6, 6.07) is 8.29. The van der Waals surface area contributed by atoms with E-state index < -0.39 is 0 Å².